The molecule has 8 heteroatoms. The van der Waals surface area contributed by atoms with Crippen molar-refractivity contribution in [1.29, 1.82) is 5.26 Å². The smallest absolute Gasteiger partial charge is 0.316 e. The minimum absolute atomic E-state index is 0.109. The van der Waals surface area contributed by atoms with E-state index in [1.54, 1.807) is 6.92 Å². The standard InChI is InChI=1S/C20H21N3O4S/c1-11-6-18(25)22-20(16(11)8-21)28-10-19(26)27-9-17(24)15-7-12(2)23(13(15)3)14-4-5-14/h6-7,14H,4-5,9-10H2,1-3H3,(H,22,25). The number of pyridine rings is 1. The Labute approximate surface area is 166 Å². The van der Waals surface area contributed by atoms with Crippen molar-refractivity contribution >= 4 is 23.5 Å². The molecule has 2 heterocycles. The molecule has 2 aromatic rings. The number of Topliss-reactive ketones (excluding diaryl/α,β-unsaturated/α-hetero) is 1. The number of thioether (sulfide) groups is 1. The second-order valence-electron chi connectivity index (χ2n) is 6.89. The van der Waals surface area contributed by atoms with Crippen LogP contribution in [-0.2, 0) is 9.53 Å². The van der Waals surface area contributed by atoms with Gasteiger partial charge in [0.2, 0.25) is 11.3 Å². The molecule has 0 spiro atoms. The fourth-order valence-corrected chi connectivity index (χ4v) is 4.13. The van der Waals surface area contributed by atoms with Crippen LogP contribution in [0.2, 0.25) is 0 Å². The van der Waals surface area contributed by atoms with Gasteiger partial charge in [0.25, 0.3) is 0 Å². The van der Waals surface area contributed by atoms with Crippen LogP contribution in [0.5, 0.6) is 0 Å². The van der Waals surface area contributed by atoms with Crippen LogP contribution in [-0.4, -0.2) is 33.7 Å². The Morgan fingerprint density at radius 2 is 2.04 bits per heavy atom. The molecule has 1 aliphatic rings. The van der Waals surface area contributed by atoms with Crippen LogP contribution in [0.15, 0.2) is 22.0 Å². The normalized spacial score (nSPS) is 13.2. The number of ether oxygens (including phenoxy) is 1. The van der Waals surface area contributed by atoms with Crippen LogP contribution in [0.4, 0.5) is 0 Å². The molecule has 146 valence electrons. The first-order valence-electron chi connectivity index (χ1n) is 8.96. The number of aromatic nitrogens is 2. The van der Waals surface area contributed by atoms with Crippen LogP contribution >= 0.6 is 11.8 Å². The average molecular weight is 399 g/mol. The van der Waals surface area contributed by atoms with Gasteiger partial charge in [-0.05, 0) is 45.2 Å². The number of hydrogen-bond acceptors (Lipinski definition) is 6. The molecule has 1 aliphatic carbocycles. The number of nitrogens with zero attached hydrogens (tertiary/aromatic N) is 2. The molecular weight excluding hydrogens is 378 g/mol. The van der Waals surface area contributed by atoms with E-state index in [1.165, 1.54) is 6.07 Å². The predicted molar refractivity (Wildman–Crippen MR) is 105 cm³/mol. The number of hydrogen-bond donors (Lipinski definition) is 1. The number of carbonyl (C=O) groups excluding carboxylic acids is 2. The Morgan fingerprint density at radius 3 is 2.68 bits per heavy atom. The average Bonchev–Trinajstić information content (AvgIpc) is 3.42. The second kappa shape index (κ2) is 8.07. The SMILES string of the molecule is Cc1cc(=O)[nH]c(SCC(=O)OCC(=O)c2cc(C)n(C3CC3)c2C)c1C#N. The van der Waals surface area contributed by atoms with E-state index >= 15 is 0 Å². The number of aryl methyl sites for hydroxylation is 2. The number of nitriles is 1. The lowest BCUT2D eigenvalue weighted by Gasteiger charge is -2.08. The van der Waals surface area contributed by atoms with Crippen LogP contribution in [0, 0.1) is 32.1 Å². The van der Waals surface area contributed by atoms with Crippen molar-refractivity contribution in [3.8, 4) is 6.07 Å². The molecule has 0 unspecified atom stereocenters. The maximum atomic E-state index is 12.5. The molecule has 0 amide bonds. The molecular formula is C20H21N3O4S. The zero-order valence-corrected chi connectivity index (χ0v) is 16.8. The van der Waals surface area contributed by atoms with Crippen LogP contribution < -0.4 is 5.56 Å². The number of esters is 1. The molecule has 0 radical (unpaired) electrons. The van der Waals surface area contributed by atoms with E-state index in [0.717, 1.165) is 36.0 Å². The van der Waals surface area contributed by atoms with Gasteiger partial charge in [0, 0.05) is 29.1 Å². The minimum Gasteiger partial charge on any atom is -0.457 e. The van der Waals surface area contributed by atoms with Gasteiger partial charge in [-0.2, -0.15) is 5.26 Å². The molecule has 3 rings (SSSR count). The Hall–Kier alpha value is -2.79. The van der Waals surface area contributed by atoms with Gasteiger partial charge in [0.15, 0.2) is 6.61 Å². The van der Waals surface area contributed by atoms with Gasteiger partial charge >= 0.3 is 5.97 Å². The van der Waals surface area contributed by atoms with Crippen molar-refractivity contribution in [3.05, 3.63) is 50.6 Å². The monoisotopic (exact) mass is 399 g/mol. The van der Waals surface area contributed by atoms with Gasteiger partial charge < -0.3 is 14.3 Å². The Morgan fingerprint density at radius 1 is 1.32 bits per heavy atom. The number of aromatic amines is 1. The van der Waals surface area contributed by atoms with E-state index in [4.69, 9.17) is 4.74 Å². The lowest BCUT2D eigenvalue weighted by Crippen LogP contribution is -2.17. The number of ketones is 1. The molecule has 1 N–H and O–H groups in total. The largest absolute Gasteiger partial charge is 0.457 e. The highest BCUT2D eigenvalue weighted by atomic mass is 32.2. The molecule has 2 aromatic heterocycles. The van der Waals surface area contributed by atoms with Crippen molar-refractivity contribution in [2.75, 3.05) is 12.4 Å². The van der Waals surface area contributed by atoms with E-state index in [2.05, 4.69) is 9.55 Å². The van der Waals surface area contributed by atoms with E-state index < -0.39 is 5.97 Å². The summed E-state index contributed by atoms with van der Waals surface area (Å²) in [6, 6.07) is 5.67. The first-order valence-corrected chi connectivity index (χ1v) is 9.94. The van der Waals surface area contributed by atoms with Crippen molar-refractivity contribution in [2.45, 2.75) is 44.7 Å². The summed E-state index contributed by atoms with van der Waals surface area (Å²) < 4.78 is 7.27. The second-order valence-corrected chi connectivity index (χ2v) is 7.88. The Balaban J connectivity index is 1.58. The lowest BCUT2D eigenvalue weighted by atomic mass is 10.1. The number of rotatable bonds is 7. The van der Waals surface area contributed by atoms with Gasteiger partial charge in [-0.25, -0.2) is 0 Å². The summed E-state index contributed by atoms with van der Waals surface area (Å²) in [6.07, 6.45) is 2.25. The van der Waals surface area contributed by atoms with Gasteiger partial charge in [0.05, 0.1) is 16.3 Å². The number of carbonyl (C=O) groups is 2. The summed E-state index contributed by atoms with van der Waals surface area (Å²) in [5.74, 6) is -0.928. The summed E-state index contributed by atoms with van der Waals surface area (Å²) in [5, 5.41) is 9.53. The first kappa shape index (κ1) is 20.0. The topological polar surface area (TPSA) is 105 Å². The highest BCUT2D eigenvalue weighted by molar-refractivity contribution is 7.99. The van der Waals surface area contributed by atoms with Crippen molar-refractivity contribution in [3.63, 3.8) is 0 Å². The van der Waals surface area contributed by atoms with Crippen molar-refractivity contribution < 1.29 is 14.3 Å². The summed E-state index contributed by atoms with van der Waals surface area (Å²) in [6.45, 7) is 5.21. The number of H-pyrrole nitrogens is 1. The van der Waals surface area contributed by atoms with Gasteiger partial charge in [-0.3, -0.25) is 14.4 Å². The summed E-state index contributed by atoms with van der Waals surface area (Å²) in [7, 11) is 0. The molecule has 0 atom stereocenters. The van der Waals surface area contributed by atoms with Gasteiger partial charge in [0.1, 0.15) is 6.07 Å². The van der Waals surface area contributed by atoms with Crippen LogP contribution in [0.25, 0.3) is 0 Å². The molecule has 0 aliphatic heterocycles. The molecule has 0 bridgehead atoms. The highest BCUT2D eigenvalue weighted by Gasteiger charge is 2.28. The van der Waals surface area contributed by atoms with Crippen molar-refractivity contribution in [2.24, 2.45) is 0 Å². The first-order chi connectivity index (χ1) is 13.3. The molecule has 1 fully saturated rings. The van der Waals surface area contributed by atoms with Gasteiger partial charge in [-0.1, -0.05) is 11.8 Å². The highest BCUT2D eigenvalue weighted by Crippen LogP contribution is 2.38. The van der Waals surface area contributed by atoms with E-state index in [1.807, 2.05) is 26.0 Å². The Bertz CT molecular complexity index is 1040. The molecule has 28 heavy (non-hydrogen) atoms. The van der Waals surface area contributed by atoms with E-state index in [-0.39, 0.29) is 23.7 Å². The predicted octanol–water partition coefficient (Wildman–Crippen LogP) is 2.83. The fourth-order valence-electron chi connectivity index (χ4n) is 3.26. The molecule has 7 nitrogen and oxygen atoms in total. The fraction of sp³-hybridized carbons (Fsp3) is 0.400. The third kappa shape index (κ3) is 4.20. The van der Waals surface area contributed by atoms with Crippen LogP contribution in [0.1, 0.15) is 51.8 Å². The molecule has 0 saturated heterocycles. The van der Waals surface area contributed by atoms with Crippen LogP contribution in [0.3, 0.4) is 0 Å². The zero-order chi connectivity index (χ0) is 20.4. The van der Waals surface area contributed by atoms with Gasteiger partial charge in [-0.15, -0.1) is 0 Å². The summed E-state index contributed by atoms with van der Waals surface area (Å²) in [5.41, 5.74) is 3.06. The van der Waals surface area contributed by atoms with Crippen molar-refractivity contribution in [1.82, 2.24) is 9.55 Å². The van der Waals surface area contributed by atoms with E-state index in [0.29, 0.717) is 27.8 Å². The third-order valence-electron chi connectivity index (χ3n) is 4.71. The third-order valence-corrected chi connectivity index (χ3v) is 5.69. The molecule has 0 aromatic carbocycles. The molecule has 1 saturated carbocycles. The Kier molecular flexibility index (Phi) is 5.75. The zero-order valence-electron chi connectivity index (χ0n) is 16.0. The summed E-state index contributed by atoms with van der Waals surface area (Å²) in [4.78, 5) is 38.6. The summed E-state index contributed by atoms with van der Waals surface area (Å²) >= 11 is 1.01. The lowest BCUT2D eigenvalue weighted by molar-refractivity contribution is -0.139. The minimum atomic E-state index is -0.583. The maximum Gasteiger partial charge on any atom is 0.316 e. The number of nitrogens with one attached hydrogen (secondary N) is 1. The quantitative estimate of drug-likeness (QED) is 0.436. The maximum absolute atomic E-state index is 12.5. The van der Waals surface area contributed by atoms with E-state index in [9.17, 15) is 19.6 Å².